The maximum atomic E-state index is 12.8. The molecule has 2 aromatic carbocycles. The van der Waals surface area contributed by atoms with Crippen LogP contribution in [0.5, 0.6) is 0 Å². The van der Waals surface area contributed by atoms with Crippen LogP contribution in [0.3, 0.4) is 0 Å². The maximum absolute atomic E-state index is 12.8. The van der Waals surface area contributed by atoms with Crippen LogP contribution >= 0.6 is 0 Å². The first-order valence-electron chi connectivity index (χ1n) is 8.17. The summed E-state index contributed by atoms with van der Waals surface area (Å²) in [5.41, 5.74) is 2.54. The number of rotatable bonds is 4. The molecule has 1 amide bonds. The van der Waals surface area contributed by atoms with E-state index in [-0.39, 0.29) is 5.91 Å². The summed E-state index contributed by atoms with van der Waals surface area (Å²) in [6.07, 6.45) is 2.50. The Labute approximate surface area is 144 Å². The lowest BCUT2D eigenvalue weighted by Gasteiger charge is -2.21. The van der Waals surface area contributed by atoms with E-state index < -0.39 is 30.0 Å². The lowest BCUT2D eigenvalue weighted by molar-refractivity contribution is -0.145. The van der Waals surface area contributed by atoms with E-state index in [2.05, 4.69) is 5.32 Å². The molecule has 5 heteroatoms. The average molecular weight is 335 g/mol. The Morgan fingerprint density at radius 3 is 2.24 bits per heavy atom. The van der Waals surface area contributed by atoms with E-state index in [0.717, 1.165) is 11.1 Å². The Hall–Kier alpha value is -2.92. The van der Waals surface area contributed by atoms with Crippen LogP contribution in [0, 0.1) is 11.8 Å². The summed E-state index contributed by atoms with van der Waals surface area (Å²) in [5, 5.41) is 12.4. The third kappa shape index (κ3) is 2.72. The molecule has 2 aliphatic rings. The monoisotopic (exact) mass is 335 g/mol. The minimum absolute atomic E-state index is 0.326. The fourth-order valence-corrected chi connectivity index (χ4v) is 3.59. The number of carboxylic acid groups (broad SMARTS) is 1. The number of nitrogens with one attached hydrogen (secondary N) is 1. The highest BCUT2D eigenvalue weighted by Gasteiger charge is 2.53. The summed E-state index contributed by atoms with van der Waals surface area (Å²) in [4.78, 5) is 24.4. The van der Waals surface area contributed by atoms with Crippen molar-refractivity contribution in [3.8, 4) is 11.1 Å². The number of carbonyl (C=O) groups is 2. The molecule has 0 aliphatic carbocycles. The Bertz CT molecular complexity index is 846. The van der Waals surface area contributed by atoms with Crippen LogP contribution in [0.2, 0.25) is 0 Å². The zero-order valence-electron chi connectivity index (χ0n) is 13.3. The van der Waals surface area contributed by atoms with Crippen molar-refractivity contribution < 1.29 is 19.4 Å². The number of aliphatic carboxylic acids is 1. The van der Waals surface area contributed by atoms with Crippen LogP contribution in [-0.4, -0.2) is 29.2 Å². The van der Waals surface area contributed by atoms with Gasteiger partial charge in [0.05, 0.1) is 18.1 Å². The molecule has 0 saturated carbocycles. The van der Waals surface area contributed by atoms with E-state index in [4.69, 9.17) is 4.74 Å². The molecule has 4 rings (SSSR count). The fraction of sp³-hybridized carbons (Fsp3) is 0.200. The minimum Gasteiger partial charge on any atom is -0.481 e. The maximum Gasteiger partial charge on any atom is 0.310 e. The number of fused-ring (bicyclic) bond motifs is 2. The van der Waals surface area contributed by atoms with Crippen molar-refractivity contribution in [1.29, 1.82) is 0 Å². The SMILES string of the molecule is O=C(O)[C@@H]1[C@H](C(=O)Nc2ccccc2-c2ccccc2)[C@H]2C=C[C@H]1O2. The van der Waals surface area contributed by atoms with Gasteiger partial charge >= 0.3 is 5.97 Å². The first-order chi connectivity index (χ1) is 12.1. The van der Waals surface area contributed by atoms with Crippen molar-refractivity contribution in [3.05, 3.63) is 66.7 Å². The zero-order chi connectivity index (χ0) is 17.4. The highest BCUT2D eigenvalue weighted by atomic mass is 16.5. The van der Waals surface area contributed by atoms with Crippen LogP contribution < -0.4 is 5.32 Å². The highest BCUT2D eigenvalue weighted by molar-refractivity contribution is 5.99. The van der Waals surface area contributed by atoms with Crippen molar-refractivity contribution in [1.82, 2.24) is 0 Å². The van der Waals surface area contributed by atoms with Gasteiger partial charge in [0.15, 0.2) is 0 Å². The van der Waals surface area contributed by atoms with Gasteiger partial charge in [0.2, 0.25) is 5.91 Å². The molecule has 25 heavy (non-hydrogen) atoms. The fourth-order valence-electron chi connectivity index (χ4n) is 3.59. The number of hydrogen-bond acceptors (Lipinski definition) is 3. The number of anilines is 1. The molecule has 2 bridgehead atoms. The van der Waals surface area contributed by atoms with Gasteiger partial charge in [0, 0.05) is 11.3 Å². The van der Waals surface area contributed by atoms with Crippen molar-refractivity contribution >= 4 is 17.6 Å². The summed E-state index contributed by atoms with van der Waals surface area (Å²) < 4.78 is 5.58. The first kappa shape index (κ1) is 15.6. The van der Waals surface area contributed by atoms with Crippen LogP contribution in [-0.2, 0) is 14.3 Å². The smallest absolute Gasteiger partial charge is 0.310 e. The zero-order valence-corrected chi connectivity index (χ0v) is 13.3. The molecule has 0 spiro atoms. The van der Waals surface area contributed by atoms with E-state index in [1.165, 1.54) is 0 Å². The van der Waals surface area contributed by atoms with E-state index in [9.17, 15) is 14.7 Å². The second-order valence-corrected chi connectivity index (χ2v) is 6.24. The molecule has 1 saturated heterocycles. The molecular formula is C20H17NO4. The molecule has 2 aliphatic heterocycles. The molecule has 1 fully saturated rings. The molecule has 4 atom stereocenters. The summed E-state index contributed by atoms with van der Waals surface area (Å²) in [5.74, 6) is -2.91. The van der Waals surface area contributed by atoms with Crippen LogP contribution in [0.25, 0.3) is 11.1 Å². The molecule has 0 unspecified atom stereocenters. The molecule has 126 valence electrons. The quantitative estimate of drug-likeness (QED) is 0.843. The largest absolute Gasteiger partial charge is 0.481 e. The van der Waals surface area contributed by atoms with E-state index in [0.29, 0.717) is 5.69 Å². The Morgan fingerprint density at radius 2 is 1.52 bits per heavy atom. The van der Waals surface area contributed by atoms with E-state index >= 15 is 0 Å². The summed E-state index contributed by atoms with van der Waals surface area (Å²) in [6.45, 7) is 0. The minimum atomic E-state index is -1.01. The second-order valence-electron chi connectivity index (χ2n) is 6.24. The molecule has 0 aromatic heterocycles. The second kappa shape index (κ2) is 6.18. The van der Waals surface area contributed by atoms with Gasteiger partial charge in [0.25, 0.3) is 0 Å². The Balaban J connectivity index is 1.62. The summed E-state index contributed by atoms with van der Waals surface area (Å²) >= 11 is 0. The van der Waals surface area contributed by atoms with Gasteiger partial charge in [-0.05, 0) is 11.6 Å². The number of carboxylic acids is 1. The van der Waals surface area contributed by atoms with Crippen molar-refractivity contribution in [2.24, 2.45) is 11.8 Å². The average Bonchev–Trinajstić information content (AvgIpc) is 3.24. The summed E-state index contributed by atoms with van der Waals surface area (Å²) in [7, 11) is 0. The standard InChI is InChI=1S/C20H17NO4/c22-19(17-15-10-11-16(25-15)18(17)20(23)24)21-14-9-5-4-8-13(14)12-6-2-1-3-7-12/h1-11,15-18H,(H,21,22)(H,23,24)/t15-,16-,17-,18+/m1/s1. The molecule has 5 nitrogen and oxygen atoms in total. The predicted molar refractivity (Wildman–Crippen MR) is 92.9 cm³/mol. The number of hydrogen-bond donors (Lipinski definition) is 2. The number of benzene rings is 2. The van der Waals surface area contributed by atoms with Crippen LogP contribution in [0.1, 0.15) is 0 Å². The van der Waals surface area contributed by atoms with Gasteiger partial charge in [0.1, 0.15) is 5.92 Å². The lowest BCUT2D eigenvalue weighted by atomic mass is 9.82. The van der Waals surface area contributed by atoms with Gasteiger partial charge in [-0.2, -0.15) is 0 Å². The molecule has 0 radical (unpaired) electrons. The van der Waals surface area contributed by atoms with E-state index in [1.807, 2.05) is 54.6 Å². The van der Waals surface area contributed by atoms with Crippen molar-refractivity contribution in [2.45, 2.75) is 12.2 Å². The number of carbonyl (C=O) groups excluding carboxylic acids is 1. The van der Waals surface area contributed by atoms with Gasteiger partial charge < -0.3 is 15.2 Å². The van der Waals surface area contributed by atoms with Gasteiger partial charge in [-0.3, -0.25) is 9.59 Å². The lowest BCUT2D eigenvalue weighted by Crippen LogP contribution is -2.39. The summed E-state index contributed by atoms with van der Waals surface area (Å²) in [6, 6.07) is 17.2. The van der Waals surface area contributed by atoms with E-state index in [1.54, 1.807) is 12.2 Å². The van der Waals surface area contributed by atoms with Crippen molar-refractivity contribution in [3.63, 3.8) is 0 Å². The molecule has 2 N–H and O–H groups in total. The topological polar surface area (TPSA) is 75.6 Å². The first-order valence-corrected chi connectivity index (χ1v) is 8.17. The number of para-hydroxylation sites is 1. The molecule has 2 heterocycles. The van der Waals surface area contributed by atoms with Gasteiger partial charge in [-0.15, -0.1) is 0 Å². The third-order valence-electron chi connectivity index (χ3n) is 4.76. The normalized spacial score (nSPS) is 26.6. The van der Waals surface area contributed by atoms with Gasteiger partial charge in [-0.1, -0.05) is 60.7 Å². The van der Waals surface area contributed by atoms with Gasteiger partial charge in [-0.25, -0.2) is 0 Å². The number of ether oxygens (including phenoxy) is 1. The molecular weight excluding hydrogens is 318 g/mol. The third-order valence-corrected chi connectivity index (χ3v) is 4.76. The Morgan fingerprint density at radius 1 is 0.880 bits per heavy atom. The highest BCUT2D eigenvalue weighted by Crippen LogP contribution is 2.40. The van der Waals surface area contributed by atoms with Crippen LogP contribution in [0.4, 0.5) is 5.69 Å². The Kier molecular flexibility index (Phi) is 3.86. The predicted octanol–water partition coefficient (Wildman–Crippen LogP) is 2.95. The number of amides is 1. The van der Waals surface area contributed by atoms with Crippen molar-refractivity contribution in [2.75, 3.05) is 5.32 Å². The van der Waals surface area contributed by atoms with Crippen LogP contribution in [0.15, 0.2) is 66.7 Å². The molecule has 2 aromatic rings.